The first-order valence-corrected chi connectivity index (χ1v) is 7.64. The summed E-state index contributed by atoms with van der Waals surface area (Å²) < 4.78 is 0. The lowest BCUT2D eigenvalue weighted by atomic mass is 9.99. The van der Waals surface area contributed by atoms with Gasteiger partial charge in [-0.2, -0.15) is 5.26 Å². The Balaban J connectivity index is 1.91. The Kier molecular flexibility index (Phi) is 3.33. The van der Waals surface area contributed by atoms with Crippen molar-refractivity contribution in [1.82, 2.24) is 4.98 Å². The minimum Gasteiger partial charge on any atom is -0.288 e. The molecule has 1 atom stereocenters. The van der Waals surface area contributed by atoms with Gasteiger partial charge in [-0.05, 0) is 30.3 Å². The second-order valence-electron chi connectivity index (χ2n) is 5.55. The van der Waals surface area contributed by atoms with Gasteiger partial charge in [-0.25, -0.2) is 0 Å². The second kappa shape index (κ2) is 5.64. The van der Waals surface area contributed by atoms with Crippen molar-refractivity contribution >= 4 is 28.6 Å². The molecule has 4 nitrogen and oxygen atoms in total. The van der Waals surface area contributed by atoms with Crippen LogP contribution in [0, 0.1) is 11.3 Å². The molecule has 2 aromatic carbocycles. The minimum atomic E-state index is -0.633. The SMILES string of the molecule is N#C[C@H]1C=Cc2c(ccc3cccnc23)N1C(=O)c1ccccc1. The van der Waals surface area contributed by atoms with Crippen molar-refractivity contribution in [3.05, 3.63) is 78.0 Å². The van der Waals surface area contributed by atoms with E-state index in [2.05, 4.69) is 11.1 Å². The normalized spacial score (nSPS) is 15.8. The summed E-state index contributed by atoms with van der Waals surface area (Å²) in [5, 5.41) is 10.5. The van der Waals surface area contributed by atoms with Crippen molar-refractivity contribution < 1.29 is 4.79 Å². The second-order valence-corrected chi connectivity index (χ2v) is 5.55. The molecule has 0 radical (unpaired) electrons. The van der Waals surface area contributed by atoms with Gasteiger partial charge in [0, 0.05) is 22.7 Å². The van der Waals surface area contributed by atoms with Gasteiger partial charge in [-0.3, -0.25) is 14.7 Å². The van der Waals surface area contributed by atoms with Gasteiger partial charge >= 0.3 is 0 Å². The molecule has 0 fully saturated rings. The maximum absolute atomic E-state index is 13.0. The molecule has 0 saturated carbocycles. The summed E-state index contributed by atoms with van der Waals surface area (Å²) in [6, 6.07) is 18.2. The number of hydrogen-bond acceptors (Lipinski definition) is 3. The average molecular weight is 311 g/mol. The minimum absolute atomic E-state index is 0.192. The molecule has 24 heavy (non-hydrogen) atoms. The Morgan fingerprint density at radius 1 is 1.08 bits per heavy atom. The number of aromatic nitrogens is 1. The number of fused-ring (bicyclic) bond motifs is 3. The fourth-order valence-electron chi connectivity index (χ4n) is 3.01. The molecule has 4 rings (SSSR count). The van der Waals surface area contributed by atoms with E-state index in [1.54, 1.807) is 29.3 Å². The highest BCUT2D eigenvalue weighted by molar-refractivity contribution is 6.11. The summed E-state index contributed by atoms with van der Waals surface area (Å²) in [6.07, 6.45) is 5.36. The van der Waals surface area contributed by atoms with E-state index in [9.17, 15) is 10.1 Å². The van der Waals surface area contributed by atoms with Crippen LogP contribution >= 0.6 is 0 Å². The van der Waals surface area contributed by atoms with Crippen LogP contribution < -0.4 is 4.90 Å². The smallest absolute Gasteiger partial charge is 0.259 e. The average Bonchev–Trinajstić information content (AvgIpc) is 2.67. The number of nitrogens with zero attached hydrogens (tertiary/aromatic N) is 3. The Bertz CT molecular complexity index is 1000. The zero-order valence-corrected chi connectivity index (χ0v) is 12.8. The van der Waals surface area contributed by atoms with Gasteiger partial charge in [0.15, 0.2) is 0 Å². The first-order chi connectivity index (χ1) is 11.8. The highest BCUT2D eigenvalue weighted by atomic mass is 16.2. The largest absolute Gasteiger partial charge is 0.288 e. The number of carbonyl (C=O) groups is 1. The lowest BCUT2D eigenvalue weighted by Gasteiger charge is -2.30. The van der Waals surface area contributed by atoms with E-state index in [4.69, 9.17) is 0 Å². The van der Waals surface area contributed by atoms with Crippen LogP contribution in [0.1, 0.15) is 15.9 Å². The molecule has 0 spiro atoms. The summed E-state index contributed by atoms with van der Waals surface area (Å²) in [7, 11) is 0. The molecular weight excluding hydrogens is 298 g/mol. The van der Waals surface area contributed by atoms with Gasteiger partial charge in [0.1, 0.15) is 6.04 Å². The topological polar surface area (TPSA) is 57.0 Å². The van der Waals surface area contributed by atoms with E-state index in [-0.39, 0.29) is 5.91 Å². The molecule has 1 aromatic heterocycles. The molecule has 1 amide bonds. The van der Waals surface area contributed by atoms with Gasteiger partial charge in [0.2, 0.25) is 0 Å². The third-order valence-corrected chi connectivity index (χ3v) is 4.15. The molecule has 0 saturated heterocycles. The van der Waals surface area contributed by atoms with Crippen molar-refractivity contribution in [3.63, 3.8) is 0 Å². The summed E-state index contributed by atoms with van der Waals surface area (Å²) in [5.41, 5.74) is 2.96. The fourth-order valence-corrected chi connectivity index (χ4v) is 3.01. The molecular formula is C20H13N3O. The molecule has 0 bridgehead atoms. The molecule has 4 heteroatoms. The lowest BCUT2D eigenvalue weighted by Crippen LogP contribution is -2.40. The summed E-state index contributed by atoms with van der Waals surface area (Å²) >= 11 is 0. The van der Waals surface area contributed by atoms with Crippen LogP contribution in [-0.2, 0) is 0 Å². The van der Waals surface area contributed by atoms with Crippen molar-refractivity contribution in [2.24, 2.45) is 0 Å². The number of rotatable bonds is 1. The number of anilines is 1. The van der Waals surface area contributed by atoms with Gasteiger partial charge in [0.25, 0.3) is 5.91 Å². The molecule has 1 aliphatic rings. The number of hydrogen-bond donors (Lipinski definition) is 0. The molecule has 1 aliphatic heterocycles. The summed E-state index contributed by atoms with van der Waals surface area (Å²) in [6.45, 7) is 0. The van der Waals surface area contributed by atoms with Crippen LogP contribution in [0.5, 0.6) is 0 Å². The van der Waals surface area contributed by atoms with Crippen molar-refractivity contribution in [2.45, 2.75) is 6.04 Å². The van der Waals surface area contributed by atoms with Crippen LogP contribution in [0.4, 0.5) is 5.69 Å². The van der Waals surface area contributed by atoms with E-state index in [0.717, 1.165) is 16.5 Å². The summed E-state index contributed by atoms with van der Waals surface area (Å²) in [5.74, 6) is -0.192. The molecule has 0 unspecified atom stereocenters. The number of benzene rings is 2. The monoisotopic (exact) mass is 311 g/mol. The van der Waals surface area contributed by atoms with Crippen LogP contribution in [0.3, 0.4) is 0 Å². The van der Waals surface area contributed by atoms with Gasteiger partial charge in [-0.1, -0.05) is 36.4 Å². The molecule has 114 valence electrons. The third-order valence-electron chi connectivity index (χ3n) is 4.15. The Labute approximate surface area is 139 Å². The van der Waals surface area contributed by atoms with Crippen LogP contribution in [0.25, 0.3) is 17.0 Å². The molecule has 0 N–H and O–H groups in total. The zero-order valence-electron chi connectivity index (χ0n) is 12.8. The molecule has 3 aromatic rings. The third kappa shape index (κ3) is 2.15. The lowest BCUT2D eigenvalue weighted by molar-refractivity contribution is 0.0985. The van der Waals surface area contributed by atoms with Crippen LogP contribution in [0.15, 0.2) is 66.9 Å². The van der Waals surface area contributed by atoms with E-state index < -0.39 is 6.04 Å². The predicted octanol–water partition coefficient (Wildman–Crippen LogP) is 3.80. The van der Waals surface area contributed by atoms with E-state index in [1.165, 1.54) is 0 Å². The van der Waals surface area contributed by atoms with Crippen molar-refractivity contribution in [3.8, 4) is 6.07 Å². The van der Waals surface area contributed by atoms with E-state index >= 15 is 0 Å². The van der Waals surface area contributed by atoms with E-state index in [0.29, 0.717) is 11.3 Å². The Hall–Kier alpha value is -3.45. The Morgan fingerprint density at radius 2 is 1.92 bits per heavy atom. The van der Waals surface area contributed by atoms with E-state index in [1.807, 2.05) is 48.5 Å². The fraction of sp³-hybridized carbons (Fsp3) is 0.0500. The summed E-state index contributed by atoms with van der Waals surface area (Å²) in [4.78, 5) is 19.0. The standard InChI is InChI=1S/C20H13N3O/c21-13-16-9-10-17-18(11-8-14-7-4-12-22-19(14)17)23(16)20(24)15-5-2-1-3-6-15/h1-12,16H/t16-/m1/s1. The van der Waals surface area contributed by atoms with Crippen molar-refractivity contribution in [2.75, 3.05) is 4.90 Å². The first kappa shape index (κ1) is 14.2. The van der Waals surface area contributed by atoms with Gasteiger partial charge in [0.05, 0.1) is 17.3 Å². The highest BCUT2D eigenvalue weighted by Crippen LogP contribution is 2.34. The number of amides is 1. The molecule has 0 aliphatic carbocycles. The number of pyridine rings is 1. The van der Waals surface area contributed by atoms with Crippen molar-refractivity contribution in [1.29, 1.82) is 5.26 Å². The maximum atomic E-state index is 13.0. The Morgan fingerprint density at radius 3 is 2.71 bits per heavy atom. The molecule has 2 heterocycles. The van der Waals surface area contributed by atoms with Crippen LogP contribution in [-0.4, -0.2) is 16.9 Å². The first-order valence-electron chi connectivity index (χ1n) is 7.64. The van der Waals surface area contributed by atoms with Crippen LogP contribution in [0.2, 0.25) is 0 Å². The van der Waals surface area contributed by atoms with Gasteiger partial charge in [-0.15, -0.1) is 0 Å². The van der Waals surface area contributed by atoms with Gasteiger partial charge < -0.3 is 0 Å². The highest BCUT2D eigenvalue weighted by Gasteiger charge is 2.29. The number of nitriles is 1. The predicted molar refractivity (Wildman–Crippen MR) is 93.4 cm³/mol. The number of carbonyl (C=O) groups excluding carboxylic acids is 1. The quantitative estimate of drug-likeness (QED) is 0.687. The zero-order chi connectivity index (χ0) is 16.5. The maximum Gasteiger partial charge on any atom is 0.259 e.